The van der Waals surface area contributed by atoms with Gasteiger partial charge in [0.15, 0.2) is 0 Å². The van der Waals surface area contributed by atoms with E-state index < -0.39 is 48.5 Å². The molecule has 3 atom stereocenters. The molecular weight excluding hydrogens is 322 g/mol. The van der Waals surface area contributed by atoms with Crippen molar-refractivity contribution in [1.82, 2.24) is 10.6 Å². The molecule has 0 aromatic carbocycles. The summed E-state index contributed by atoms with van der Waals surface area (Å²) in [5.74, 6) is -3.96. The van der Waals surface area contributed by atoms with E-state index in [1.54, 1.807) is 0 Å². The van der Waals surface area contributed by atoms with Crippen LogP contribution < -0.4 is 16.4 Å². The number of carboxylic acids is 2. The van der Waals surface area contributed by atoms with Crippen molar-refractivity contribution in [2.45, 2.75) is 44.3 Å². The fourth-order valence-electron chi connectivity index (χ4n) is 1.71. The number of aliphatic hydroxyl groups is 1. The fraction of sp³-hybridized carbons (Fsp3) is 0.571. The summed E-state index contributed by atoms with van der Waals surface area (Å²) in [7, 11) is 0. The highest BCUT2D eigenvalue weighted by atomic mass is 16.4. The van der Waals surface area contributed by atoms with Crippen LogP contribution in [0.3, 0.4) is 0 Å². The van der Waals surface area contributed by atoms with Crippen molar-refractivity contribution in [1.29, 1.82) is 0 Å². The van der Waals surface area contributed by atoms with E-state index in [1.807, 2.05) is 0 Å². The van der Waals surface area contributed by atoms with Gasteiger partial charge in [-0.15, -0.1) is 0 Å². The smallest absolute Gasteiger partial charge is 0.330 e. The van der Waals surface area contributed by atoms with Crippen molar-refractivity contribution in [3.63, 3.8) is 0 Å². The van der Waals surface area contributed by atoms with Crippen molar-refractivity contribution in [2.75, 3.05) is 6.61 Å². The van der Waals surface area contributed by atoms with Gasteiger partial charge < -0.3 is 31.7 Å². The van der Waals surface area contributed by atoms with Crippen LogP contribution in [0.4, 0.5) is 0 Å². The zero-order valence-electron chi connectivity index (χ0n) is 13.3. The Morgan fingerprint density at radius 2 is 1.71 bits per heavy atom. The Hall–Kier alpha value is -2.46. The number of nitrogens with two attached hydrogens (primary N) is 1. The predicted octanol–water partition coefficient (Wildman–Crippen LogP) is -1.81. The van der Waals surface area contributed by atoms with Gasteiger partial charge in [0, 0.05) is 6.42 Å². The average Bonchev–Trinajstić information content (AvgIpc) is 2.48. The predicted molar refractivity (Wildman–Crippen MR) is 82.9 cm³/mol. The van der Waals surface area contributed by atoms with Gasteiger partial charge in [0.25, 0.3) is 0 Å². The second-order valence-corrected chi connectivity index (χ2v) is 5.27. The topological polar surface area (TPSA) is 179 Å². The fourth-order valence-corrected chi connectivity index (χ4v) is 1.71. The Labute approximate surface area is 138 Å². The summed E-state index contributed by atoms with van der Waals surface area (Å²) in [5, 5.41) is 31.1. The Balaban J connectivity index is 4.50. The van der Waals surface area contributed by atoms with Crippen LogP contribution in [0.2, 0.25) is 0 Å². The number of carbonyl (C=O) groups excluding carboxylic acids is 2. The third-order valence-corrected chi connectivity index (χ3v) is 3.10. The number of carbonyl (C=O) groups is 4. The van der Waals surface area contributed by atoms with E-state index in [4.69, 9.17) is 15.9 Å². The molecule has 0 aliphatic carbocycles. The normalized spacial score (nSPS) is 14.1. The van der Waals surface area contributed by atoms with Crippen molar-refractivity contribution in [3.05, 3.63) is 12.2 Å². The van der Waals surface area contributed by atoms with Gasteiger partial charge in [0.1, 0.15) is 18.1 Å². The lowest BCUT2D eigenvalue weighted by Crippen LogP contribution is -2.53. The van der Waals surface area contributed by atoms with Gasteiger partial charge in [-0.1, -0.05) is 6.58 Å². The molecule has 0 heterocycles. The standard InChI is InChI=1S/C14H23N3O7/c1-7(2)11(14(23)24)17-12(20)9(6-18)16-10(19)5-3-4-8(15)13(21)22/h8-9,11,18H,1,3-6,15H2,2H3,(H,16,19)(H,17,20)(H,21,22)(H,23,24). The summed E-state index contributed by atoms with van der Waals surface area (Å²) in [5.41, 5.74) is 5.47. The molecule has 2 amide bonds. The van der Waals surface area contributed by atoms with Crippen molar-refractivity contribution < 1.29 is 34.5 Å². The number of aliphatic hydroxyl groups excluding tert-OH is 1. The van der Waals surface area contributed by atoms with Crippen molar-refractivity contribution in [3.8, 4) is 0 Å². The van der Waals surface area contributed by atoms with Crippen LogP contribution in [0.15, 0.2) is 12.2 Å². The first kappa shape index (κ1) is 21.5. The maximum Gasteiger partial charge on any atom is 0.330 e. The van der Waals surface area contributed by atoms with Crippen LogP contribution in [0.1, 0.15) is 26.2 Å². The van der Waals surface area contributed by atoms with Crippen LogP contribution in [0.5, 0.6) is 0 Å². The second kappa shape index (κ2) is 10.3. The van der Waals surface area contributed by atoms with E-state index >= 15 is 0 Å². The molecule has 0 saturated heterocycles. The van der Waals surface area contributed by atoms with Crippen LogP contribution in [0, 0.1) is 0 Å². The third kappa shape index (κ3) is 7.70. The number of aliphatic carboxylic acids is 2. The maximum absolute atomic E-state index is 11.9. The van der Waals surface area contributed by atoms with E-state index in [-0.39, 0.29) is 24.8 Å². The minimum Gasteiger partial charge on any atom is -0.480 e. The number of nitrogens with one attached hydrogen (secondary N) is 2. The molecule has 10 heteroatoms. The monoisotopic (exact) mass is 345 g/mol. The van der Waals surface area contributed by atoms with Gasteiger partial charge in [-0.25, -0.2) is 4.79 Å². The Morgan fingerprint density at radius 1 is 1.12 bits per heavy atom. The molecule has 10 nitrogen and oxygen atoms in total. The molecule has 0 spiro atoms. The molecule has 136 valence electrons. The Kier molecular flexibility index (Phi) is 9.28. The maximum atomic E-state index is 11.9. The summed E-state index contributed by atoms with van der Waals surface area (Å²) < 4.78 is 0. The summed E-state index contributed by atoms with van der Waals surface area (Å²) in [6.07, 6.45) is 0.172. The molecule has 0 aliphatic heterocycles. The van der Waals surface area contributed by atoms with Gasteiger partial charge in [0.05, 0.1) is 6.61 Å². The quantitative estimate of drug-likeness (QED) is 0.237. The zero-order chi connectivity index (χ0) is 18.9. The summed E-state index contributed by atoms with van der Waals surface area (Å²) >= 11 is 0. The molecule has 0 bridgehead atoms. The molecule has 0 aromatic heterocycles. The number of amides is 2. The SMILES string of the molecule is C=C(C)C(NC(=O)C(CO)NC(=O)CCCC(N)C(=O)O)C(=O)O. The molecule has 0 fully saturated rings. The van der Waals surface area contributed by atoms with E-state index in [0.717, 1.165) is 0 Å². The summed E-state index contributed by atoms with van der Waals surface area (Å²) in [6.45, 7) is 4.13. The highest BCUT2D eigenvalue weighted by Crippen LogP contribution is 2.02. The van der Waals surface area contributed by atoms with Crippen LogP contribution in [-0.4, -0.2) is 63.8 Å². The number of carboxylic acid groups (broad SMARTS) is 2. The highest BCUT2D eigenvalue weighted by molar-refractivity contribution is 5.91. The van der Waals surface area contributed by atoms with Crippen molar-refractivity contribution >= 4 is 23.8 Å². The minimum atomic E-state index is -1.34. The van der Waals surface area contributed by atoms with Crippen LogP contribution >= 0.6 is 0 Å². The lowest BCUT2D eigenvalue weighted by molar-refractivity contribution is -0.141. The molecule has 0 saturated carbocycles. The molecule has 0 aliphatic rings. The molecule has 24 heavy (non-hydrogen) atoms. The van der Waals surface area contributed by atoms with Gasteiger partial charge in [0.2, 0.25) is 11.8 Å². The third-order valence-electron chi connectivity index (χ3n) is 3.10. The minimum absolute atomic E-state index is 0.0789. The first-order chi connectivity index (χ1) is 11.1. The van der Waals surface area contributed by atoms with Crippen LogP contribution in [0.25, 0.3) is 0 Å². The Morgan fingerprint density at radius 3 is 2.12 bits per heavy atom. The largest absolute Gasteiger partial charge is 0.480 e. The number of hydrogen-bond donors (Lipinski definition) is 6. The molecule has 3 unspecified atom stereocenters. The van der Waals surface area contributed by atoms with Gasteiger partial charge in [-0.3, -0.25) is 14.4 Å². The molecular formula is C14H23N3O7. The summed E-state index contributed by atoms with van der Waals surface area (Å²) in [6, 6.07) is -3.74. The van der Waals surface area contributed by atoms with Gasteiger partial charge in [-0.2, -0.15) is 0 Å². The van der Waals surface area contributed by atoms with Gasteiger partial charge in [-0.05, 0) is 25.3 Å². The lowest BCUT2D eigenvalue weighted by Gasteiger charge is -2.20. The van der Waals surface area contributed by atoms with E-state index in [9.17, 15) is 24.3 Å². The van der Waals surface area contributed by atoms with Crippen molar-refractivity contribution in [2.24, 2.45) is 5.73 Å². The van der Waals surface area contributed by atoms with Crippen LogP contribution in [-0.2, 0) is 19.2 Å². The average molecular weight is 345 g/mol. The second-order valence-electron chi connectivity index (χ2n) is 5.27. The number of hydrogen-bond acceptors (Lipinski definition) is 6. The van der Waals surface area contributed by atoms with E-state index in [0.29, 0.717) is 0 Å². The lowest BCUT2D eigenvalue weighted by atomic mass is 10.1. The van der Waals surface area contributed by atoms with Gasteiger partial charge >= 0.3 is 11.9 Å². The zero-order valence-corrected chi connectivity index (χ0v) is 13.3. The van der Waals surface area contributed by atoms with E-state index in [2.05, 4.69) is 17.2 Å². The van der Waals surface area contributed by atoms with E-state index in [1.165, 1.54) is 6.92 Å². The molecule has 0 aromatic rings. The first-order valence-corrected chi connectivity index (χ1v) is 7.17. The molecule has 7 N–H and O–H groups in total. The highest BCUT2D eigenvalue weighted by Gasteiger charge is 2.26. The number of rotatable bonds is 11. The summed E-state index contributed by atoms with van der Waals surface area (Å²) in [4.78, 5) is 45.1. The Bertz CT molecular complexity index is 493. The first-order valence-electron chi connectivity index (χ1n) is 7.17. The molecule has 0 rings (SSSR count). The molecule has 0 radical (unpaired) electrons.